The smallest absolute Gasteiger partial charge is 0.410 e. The highest BCUT2D eigenvalue weighted by molar-refractivity contribution is 5.79. The van der Waals surface area contributed by atoms with Gasteiger partial charge in [-0.05, 0) is 47.1 Å². The van der Waals surface area contributed by atoms with Gasteiger partial charge in [-0.25, -0.2) is 14.4 Å². The Hall–Kier alpha value is -3.99. The van der Waals surface area contributed by atoms with E-state index in [-0.39, 0.29) is 79.2 Å². The first-order valence-corrected chi connectivity index (χ1v) is 16.3. The van der Waals surface area contributed by atoms with E-state index in [9.17, 15) is 24.0 Å². The van der Waals surface area contributed by atoms with Crippen molar-refractivity contribution in [2.24, 2.45) is 0 Å². The summed E-state index contributed by atoms with van der Waals surface area (Å²) in [5.74, 6) is -1.94. The third kappa shape index (κ3) is 23.4. The fourth-order valence-electron chi connectivity index (χ4n) is 3.59. The number of rotatable bonds is 23. The molecule has 0 bridgehead atoms. The van der Waals surface area contributed by atoms with Crippen LogP contribution < -0.4 is 0 Å². The summed E-state index contributed by atoms with van der Waals surface area (Å²) in [5.41, 5.74) is -0.727. The maximum absolute atomic E-state index is 12.7. The van der Waals surface area contributed by atoms with Gasteiger partial charge in [0.15, 0.2) is 0 Å². The first kappa shape index (κ1) is 44.0. The van der Waals surface area contributed by atoms with Crippen molar-refractivity contribution in [1.82, 2.24) is 9.80 Å². The molecule has 0 saturated carbocycles. The van der Waals surface area contributed by atoms with Gasteiger partial charge >= 0.3 is 30.1 Å². The predicted octanol–water partition coefficient (Wildman–Crippen LogP) is 2.99. The molecule has 0 aliphatic rings. The fraction of sp³-hybridized carbons (Fsp3) is 0.676. The Morgan fingerprint density at radius 1 is 0.560 bits per heavy atom. The Morgan fingerprint density at radius 2 is 1.02 bits per heavy atom. The number of carbonyl (C=O) groups is 5. The molecule has 16 nitrogen and oxygen atoms in total. The quantitative estimate of drug-likeness (QED) is 0.0919. The van der Waals surface area contributed by atoms with Crippen LogP contribution in [0.4, 0.5) is 9.59 Å². The van der Waals surface area contributed by atoms with E-state index in [1.54, 1.807) is 41.5 Å². The van der Waals surface area contributed by atoms with E-state index in [1.807, 2.05) is 30.3 Å². The summed E-state index contributed by atoms with van der Waals surface area (Å²) >= 11 is 0. The van der Waals surface area contributed by atoms with Gasteiger partial charge in [-0.2, -0.15) is 0 Å². The summed E-state index contributed by atoms with van der Waals surface area (Å²) in [6, 6.07) is 9.32. The Labute approximate surface area is 294 Å². The SMILES string of the molecule is COCCN(CC(=O)OCCN(CC(=O)OCCOCCOCCOCC(=O)OCc1ccccc1)C(=O)OC(C)(C)C)C(=O)OC(C)(C)C. The molecule has 0 heterocycles. The molecule has 0 spiro atoms. The Balaban J connectivity index is 2.33. The lowest BCUT2D eigenvalue weighted by molar-refractivity contribution is -0.151. The highest BCUT2D eigenvalue weighted by Gasteiger charge is 2.27. The number of amides is 2. The molecule has 1 rings (SSSR count). The lowest BCUT2D eigenvalue weighted by atomic mass is 10.2. The highest BCUT2D eigenvalue weighted by Crippen LogP contribution is 2.11. The van der Waals surface area contributed by atoms with Crippen LogP contribution in [0.15, 0.2) is 30.3 Å². The van der Waals surface area contributed by atoms with Gasteiger partial charge < -0.3 is 42.6 Å². The summed E-state index contributed by atoms with van der Waals surface area (Å²) in [4.78, 5) is 64.1. The normalized spacial score (nSPS) is 11.3. The first-order valence-electron chi connectivity index (χ1n) is 16.3. The molecule has 0 aromatic heterocycles. The molecular weight excluding hydrogens is 660 g/mol. The van der Waals surface area contributed by atoms with E-state index in [0.717, 1.165) is 15.4 Å². The second kappa shape index (κ2) is 24.2. The molecule has 1 aromatic carbocycles. The first-order chi connectivity index (χ1) is 23.6. The average Bonchev–Trinajstić information content (AvgIpc) is 3.02. The molecule has 284 valence electrons. The van der Waals surface area contributed by atoms with Crippen LogP contribution in [-0.2, 0) is 63.6 Å². The zero-order chi connectivity index (χ0) is 37.4. The molecular formula is C34H54N2O14. The van der Waals surface area contributed by atoms with Crippen molar-refractivity contribution < 1.29 is 66.6 Å². The number of hydrogen-bond donors (Lipinski definition) is 0. The van der Waals surface area contributed by atoms with Crippen LogP contribution in [0.25, 0.3) is 0 Å². The summed E-state index contributed by atoms with van der Waals surface area (Å²) in [6.07, 6.45) is -1.51. The summed E-state index contributed by atoms with van der Waals surface area (Å²) in [5, 5.41) is 0. The molecule has 0 saturated heterocycles. The number of ether oxygens (including phenoxy) is 9. The maximum Gasteiger partial charge on any atom is 0.410 e. The zero-order valence-corrected chi connectivity index (χ0v) is 30.4. The van der Waals surface area contributed by atoms with Crippen LogP contribution >= 0.6 is 0 Å². The number of hydrogen-bond acceptors (Lipinski definition) is 14. The summed E-state index contributed by atoms with van der Waals surface area (Å²) < 4.78 is 47.2. The minimum absolute atomic E-state index is 0.0772. The minimum atomic E-state index is -0.846. The number of esters is 3. The Morgan fingerprint density at radius 3 is 1.52 bits per heavy atom. The second-order valence-electron chi connectivity index (χ2n) is 12.7. The second-order valence-corrected chi connectivity index (χ2v) is 12.7. The average molecular weight is 715 g/mol. The molecule has 2 amide bonds. The maximum atomic E-state index is 12.7. The van der Waals surface area contributed by atoms with Crippen molar-refractivity contribution in [3.63, 3.8) is 0 Å². The van der Waals surface area contributed by atoms with Crippen LogP contribution in [-0.4, -0.2) is 144 Å². The predicted molar refractivity (Wildman–Crippen MR) is 178 cm³/mol. The zero-order valence-electron chi connectivity index (χ0n) is 30.4. The molecule has 0 atom stereocenters. The van der Waals surface area contributed by atoms with E-state index >= 15 is 0 Å². The van der Waals surface area contributed by atoms with E-state index in [1.165, 1.54) is 7.11 Å². The third-order valence-electron chi connectivity index (χ3n) is 5.83. The van der Waals surface area contributed by atoms with Crippen LogP contribution in [0.3, 0.4) is 0 Å². The van der Waals surface area contributed by atoms with Crippen LogP contribution in [0.1, 0.15) is 47.1 Å². The standard InChI is InChI=1S/C34H54N2O14/c1-33(2,3)49-31(40)35(13-15-42-7)23-28(37)46-16-14-36(32(41)50-34(4,5)6)24-29(38)47-22-21-44-18-17-43-19-20-45-26-30(39)48-25-27-11-9-8-10-12-27/h8-12H,13-26H2,1-7H3. The van der Waals surface area contributed by atoms with Gasteiger partial charge in [0.25, 0.3) is 0 Å². The molecule has 50 heavy (non-hydrogen) atoms. The molecule has 1 aromatic rings. The van der Waals surface area contributed by atoms with E-state index in [2.05, 4.69) is 0 Å². The lowest BCUT2D eigenvalue weighted by Crippen LogP contribution is -2.43. The van der Waals surface area contributed by atoms with Crippen molar-refractivity contribution in [3.05, 3.63) is 35.9 Å². The van der Waals surface area contributed by atoms with E-state index in [4.69, 9.17) is 42.6 Å². The molecule has 0 fully saturated rings. The highest BCUT2D eigenvalue weighted by atomic mass is 16.6. The number of benzene rings is 1. The summed E-state index contributed by atoms with van der Waals surface area (Å²) in [7, 11) is 1.46. The van der Waals surface area contributed by atoms with Crippen LogP contribution in [0.2, 0.25) is 0 Å². The van der Waals surface area contributed by atoms with Gasteiger partial charge in [-0.3, -0.25) is 19.4 Å². The lowest BCUT2D eigenvalue weighted by Gasteiger charge is -2.27. The third-order valence-corrected chi connectivity index (χ3v) is 5.83. The van der Waals surface area contributed by atoms with Crippen molar-refractivity contribution in [3.8, 4) is 0 Å². The van der Waals surface area contributed by atoms with Gasteiger partial charge in [0.05, 0.1) is 46.2 Å². The Bertz CT molecular complexity index is 1150. The van der Waals surface area contributed by atoms with Gasteiger partial charge in [0.1, 0.15) is 50.7 Å². The van der Waals surface area contributed by atoms with Gasteiger partial charge in [0, 0.05) is 13.7 Å². The largest absolute Gasteiger partial charge is 0.462 e. The van der Waals surface area contributed by atoms with Gasteiger partial charge in [-0.1, -0.05) is 30.3 Å². The van der Waals surface area contributed by atoms with Gasteiger partial charge in [0.2, 0.25) is 0 Å². The number of methoxy groups -OCH3 is 1. The van der Waals surface area contributed by atoms with Crippen molar-refractivity contribution >= 4 is 30.1 Å². The number of carbonyl (C=O) groups excluding carboxylic acids is 5. The van der Waals surface area contributed by atoms with Gasteiger partial charge in [-0.15, -0.1) is 0 Å². The topological polar surface area (TPSA) is 175 Å². The van der Waals surface area contributed by atoms with Crippen molar-refractivity contribution in [2.45, 2.75) is 59.4 Å². The van der Waals surface area contributed by atoms with E-state index in [0.29, 0.717) is 0 Å². The molecule has 16 heteroatoms. The molecule has 0 N–H and O–H groups in total. The van der Waals surface area contributed by atoms with Crippen molar-refractivity contribution in [2.75, 3.05) is 92.8 Å². The van der Waals surface area contributed by atoms with Crippen LogP contribution in [0.5, 0.6) is 0 Å². The van der Waals surface area contributed by atoms with Crippen molar-refractivity contribution in [1.29, 1.82) is 0 Å². The monoisotopic (exact) mass is 714 g/mol. The fourth-order valence-corrected chi connectivity index (χ4v) is 3.59. The van der Waals surface area contributed by atoms with Crippen LogP contribution in [0, 0.1) is 0 Å². The number of nitrogens with zero attached hydrogens (tertiary/aromatic N) is 2. The molecule has 0 aliphatic heterocycles. The molecule has 0 radical (unpaired) electrons. The van der Waals surface area contributed by atoms with E-state index < -0.39 is 54.4 Å². The minimum Gasteiger partial charge on any atom is -0.462 e. The Kier molecular flexibility index (Phi) is 21.3. The summed E-state index contributed by atoms with van der Waals surface area (Å²) in [6.45, 7) is 10.0. The molecule has 0 unspecified atom stereocenters. The molecule has 0 aliphatic carbocycles.